The summed E-state index contributed by atoms with van der Waals surface area (Å²) in [6, 6.07) is 22.5. The Hall–Kier alpha value is -3.27. The van der Waals surface area contributed by atoms with Gasteiger partial charge in [0.1, 0.15) is 11.6 Å². The predicted octanol–water partition coefficient (Wildman–Crippen LogP) is 5.83. The van der Waals surface area contributed by atoms with Gasteiger partial charge in [0.05, 0.1) is 13.2 Å². The van der Waals surface area contributed by atoms with Gasteiger partial charge >= 0.3 is 0 Å². The van der Waals surface area contributed by atoms with E-state index in [1.807, 2.05) is 42.5 Å². The molecule has 0 aliphatic rings. The Kier molecular flexibility index (Phi) is 4.55. The summed E-state index contributed by atoms with van der Waals surface area (Å²) in [6.07, 6.45) is 0. The Balaban J connectivity index is 1.91. The molecule has 1 atom stereocenters. The van der Waals surface area contributed by atoms with E-state index in [4.69, 9.17) is 4.74 Å². The van der Waals surface area contributed by atoms with Crippen LogP contribution < -0.4 is 10.1 Å². The molecule has 1 heterocycles. The van der Waals surface area contributed by atoms with Crippen molar-refractivity contribution in [1.82, 2.24) is 4.98 Å². The number of methoxy groups -OCH3 is 1. The van der Waals surface area contributed by atoms with Gasteiger partial charge in [-0.2, -0.15) is 0 Å². The first-order valence-corrected chi connectivity index (χ1v) is 8.89. The third-order valence-corrected chi connectivity index (χ3v) is 4.82. The van der Waals surface area contributed by atoms with E-state index in [1.165, 1.54) is 12.1 Å². The fourth-order valence-corrected chi connectivity index (χ4v) is 3.63. The summed E-state index contributed by atoms with van der Waals surface area (Å²) in [6.45, 7) is 2.06. The van der Waals surface area contributed by atoms with Crippen LogP contribution in [0.5, 0.6) is 5.75 Å². The lowest BCUT2D eigenvalue weighted by Gasteiger charge is -2.23. The molecule has 4 heteroatoms. The molecule has 0 saturated carbocycles. The van der Waals surface area contributed by atoms with E-state index in [1.54, 1.807) is 13.2 Å². The lowest BCUT2D eigenvalue weighted by atomic mass is 9.95. The zero-order chi connectivity index (χ0) is 18.8. The third-order valence-electron chi connectivity index (χ3n) is 4.82. The number of aromatic amines is 1. The lowest BCUT2D eigenvalue weighted by Crippen LogP contribution is -2.14. The highest BCUT2D eigenvalue weighted by Crippen LogP contribution is 2.38. The van der Waals surface area contributed by atoms with E-state index < -0.39 is 0 Å². The average Bonchev–Trinajstić information content (AvgIpc) is 3.02. The Morgan fingerprint density at radius 2 is 1.74 bits per heavy atom. The fraction of sp³-hybridized carbons (Fsp3) is 0.130. The van der Waals surface area contributed by atoms with Crippen molar-refractivity contribution in [3.8, 4) is 5.75 Å². The van der Waals surface area contributed by atoms with Crippen molar-refractivity contribution in [2.75, 3.05) is 12.4 Å². The summed E-state index contributed by atoms with van der Waals surface area (Å²) in [7, 11) is 1.67. The molecular weight excluding hydrogens is 339 g/mol. The summed E-state index contributed by atoms with van der Waals surface area (Å²) in [5.74, 6) is 0.519. The van der Waals surface area contributed by atoms with Crippen LogP contribution in [-0.2, 0) is 0 Å². The molecule has 0 spiro atoms. The second-order valence-electron chi connectivity index (χ2n) is 6.54. The van der Waals surface area contributed by atoms with E-state index in [9.17, 15) is 4.39 Å². The van der Waals surface area contributed by atoms with Crippen molar-refractivity contribution in [2.45, 2.75) is 13.0 Å². The number of hydrogen-bond donors (Lipinski definition) is 2. The Bertz CT molecular complexity index is 1090. The molecule has 27 heavy (non-hydrogen) atoms. The van der Waals surface area contributed by atoms with Crippen LogP contribution >= 0.6 is 0 Å². The van der Waals surface area contributed by atoms with Crippen LogP contribution in [0, 0.1) is 12.7 Å². The monoisotopic (exact) mass is 360 g/mol. The molecule has 3 nitrogen and oxygen atoms in total. The second kappa shape index (κ2) is 7.16. The van der Waals surface area contributed by atoms with Crippen molar-refractivity contribution in [3.63, 3.8) is 0 Å². The van der Waals surface area contributed by atoms with Crippen molar-refractivity contribution in [2.24, 2.45) is 0 Å². The van der Waals surface area contributed by atoms with Gasteiger partial charge in [-0.25, -0.2) is 4.39 Å². The van der Waals surface area contributed by atoms with E-state index in [0.29, 0.717) is 0 Å². The Morgan fingerprint density at radius 3 is 2.56 bits per heavy atom. The minimum Gasteiger partial charge on any atom is -0.496 e. The zero-order valence-corrected chi connectivity index (χ0v) is 15.3. The molecule has 0 unspecified atom stereocenters. The number of rotatable bonds is 5. The van der Waals surface area contributed by atoms with Crippen LogP contribution in [0.2, 0.25) is 0 Å². The van der Waals surface area contributed by atoms with Gasteiger partial charge in [0, 0.05) is 33.4 Å². The van der Waals surface area contributed by atoms with Crippen molar-refractivity contribution in [3.05, 3.63) is 95.4 Å². The molecule has 3 aromatic carbocycles. The molecule has 0 aliphatic carbocycles. The number of nitrogens with one attached hydrogen (secondary N) is 2. The van der Waals surface area contributed by atoms with E-state index in [0.717, 1.165) is 39.2 Å². The first-order chi connectivity index (χ1) is 13.2. The molecule has 0 radical (unpaired) electrons. The first kappa shape index (κ1) is 17.2. The molecular formula is C23H21FN2O. The number of halogens is 1. The SMILES string of the molecule is COc1ccccc1[C@H](Nc1cccc(F)c1)c1c(C)[nH]c2ccccc12. The molecule has 0 bridgehead atoms. The molecule has 1 aromatic heterocycles. The molecule has 0 saturated heterocycles. The Labute approximate surface area is 157 Å². The maximum absolute atomic E-state index is 13.8. The van der Waals surface area contributed by atoms with Crippen LogP contribution in [-0.4, -0.2) is 12.1 Å². The number of benzene rings is 3. The third kappa shape index (κ3) is 3.26. The largest absolute Gasteiger partial charge is 0.496 e. The minimum atomic E-state index is -0.269. The zero-order valence-electron chi connectivity index (χ0n) is 15.3. The van der Waals surface area contributed by atoms with Gasteiger partial charge in [-0.3, -0.25) is 0 Å². The van der Waals surface area contributed by atoms with Gasteiger partial charge in [0.2, 0.25) is 0 Å². The van der Waals surface area contributed by atoms with Crippen LogP contribution in [0.15, 0.2) is 72.8 Å². The normalized spacial score (nSPS) is 12.1. The van der Waals surface area contributed by atoms with Gasteiger partial charge in [0.25, 0.3) is 0 Å². The minimum absolute atomic E-state index is 0.195. The number of hydrogen-bond acceptors (Lipinski definition) is 2. The summed E-state index contributed by atoms with van der Waals surface area (Å²) in [4.78, 5) is 3.46. The van der Waals surface area contributed by atoms with Crippen LogP contribution in [0.4, 0.5) is 10.1 Å². The molecule has 0 aliphatic heterocycles. The quantitative estimate of drug-likeness (QED) is 0.470. The second-order valence-corrected chi connectivity index (χ2v) is 6.54. The highest BCUT2D eigenvalue weighted by molar-refractivity contribution is 5.86. The number of ether oxygens (including phenoxy) is 1. The van der Waals surface area contributed by atoms with E-state index in [-0.39, 0.29) is 11.9 Å². The first-order valence-electron chi connectivity index (χ1n) is 8.89. The van der Waals surface area contributed by atoms with Gasteiger partial charge in [0.15, 0.2) is 0 Å². The van der Waals surface area contributed by atoms with Gasteiger partial charge in [-0.1, -0.05) is 42.5 Å². The molecule has 0 fully saturated rings. The number of aryl methyl sites for hydroxylation is 1. The van der Waals surface area contributed by atoms with Crippen molar-refractivity contribution in [1.29, 1.82) is 0 Å². The number of H-pyrrole nitrogens is 1. The fourth-order valence-electron chi connectivity index (χ4n) is 3.63. The number of para-hydroxylation sites is 2. The Morgan fingerprint density at radius 1 is 0.963 bits per heavy atom. The molecule has 136 valence electrons. The van der Waals surface area contributed by atoms with E-state index in [2.05, 4.69) is 29.4 Å². The standard InChI is InChI=1S/C23H21FN2O/c1-15-22(18-10-3-5-12-20(18)25-15)23(19-11-4-6-13-21(19)27-2)26-17-9-7-8-16(24)14-17/h3-14,23,25-26H,1-2H3/t23-/m0/s1. The molecule has 2 N–H and O–H groups in total. The summed E-state index contributed by atoms with van der Waals surface area (Å²) in [5, 5.41) is 4.64. The summed E-state index contributed by atoms with van der Waals surface area (Å²) in [5.41, 5.74) is 4.98. The molecule has 0 amide bonds. The lowest BCUT2D eigenvalue weighted by molar-refractivity contribution is 0.408. The number of aromatic nitrogens is 1. The topological polar surface area (TPSA) is 37.0 Å². The number of anilines is 1. The molecule has 4 rings (SSSR count). The smallest absolute Gasteiger partial charge is 0.125 e. The average molecular weight is 360 g/mol. The summed E-state index contributed by atoms with van der Waals surface area (Å²) >= 11 is 0. The summed E-state index contributed by atoms with van der Waals surface area (Å²) < 4.78 is 19.4. The van der Waals surface area contributed by atoms with Crippen molar-refractivity contribution < 1.29 is 9.13 Å². The van der Waals surface area contributed by atoms with Gasteiger partial charge < -0.3 is 15.0 Å². The predicted molar refractivity (Wildman–Crippen MR) is 108 cm³/mol. The molecule has 4 aromatic rings. The van der Waals surface area contributed by atoms with Crippen LogP contribution in [0.25, 0.3) is 10.9 Å². The van der Waals surface area contributed by atoms with Crippen molar-refractivity contribution >= 4 is 16.6 Å². The van der Waals surface area contributed by atoms with Gasteiger partial charge in [-0.15, -0.1) is 0 Å². The highest BCUT2D eigenvalue weighted by Gasteiger charge is 2.23. The van der Waals surface area contributed by atoms with Crippen LogP contribution in [0.1, 0.15) is 22.9 Å². The highest BCUT2D eigenvalue weighted by atomic mass is 19.1. The van der Waals surface area contributed by atoms with E-state index >= 15 is 0 Å². The van der Waals surface area contributed by atoms with Gasteiger partial charge in [-0.05, 0) is 37.3 Å². The van der Waals surface area contributed by atoms with Crippen LogP contribution in [0.3, 0.4) is 0 Å². The maximum atomic E-state index is 13.8. The maximum Gasteiger partial charge on any atom is 0.125 e. The number of fused-ring (bicyclic) bond motifs is 1.